The van der Waals surface area contributed by atoms with E-state index in [1.165, 1.54) is 38.5 Å². The van der Waals surface area contributed by atoms with Crippen LogP contribution in [-0.4, -0.2) is 64.4 Å². The van der Waals surface area contributed by atoms with Crippen molar-refractivity contribution >= 4 is 70.7 Å². The third-order valence-corrected chi connectivity index (χ3v) is 5.57. The highest BCUT2D eigenvalue weighted by Gasteiger charge is 2.22. The van der Waals surface area contributed by atoms with Crippen LogP contribution in [0.5, 0.6) is 11.5 Å². The number of benzene rings is 2. The van der Waals surface area contributed by atoms with Gasteiger partial charge in [0.2, 0.25) is 0 Å². The van der Waals surface area contributed by atoms with E-state index in [0.29, 0.717) is 13.1 Å². The second-order valence-electron chi connectivity index (χ2n) is 6.45. The van der Waals surface area contributed by atoms with Gasteiger partial charge in [0.05, 0.1) is 34.3 Å². The lowest BCUT2D eigenvalue weighted by molar-refractivity contribution is 0.0416. The molecule has 12 heteroatoms. The summed E-state index contributed by atoms with van der Waals surface area (Å²) in [6.07, 6.45) is 0. The van der Waals surface area contributed by atoms with Crippen LogP contribution in [0.3, 0.4) is 0 Å². The van der Waals surface area contributed by atoms with Crippen LogP contribution in [0.4, 0.5) is 0 Å². The Kier molecular flexibility index (Phi) is 12.4. The normalized spacial score (nSPS) is 10.4. The van der Waals surface area contributed by atoms with Crippen LogP contribution in [0.1, 0.15) is 20.7 Å². The van der Waals surface area contributed by atoms with Crippen LogP contribution in [0.25, 0.3) is 0 Å². The highest BCUT2D eigenvalue weighted by molar-refractivity contribution is 6.37. The first-order valence-electron chi connectivity index (χ1n) is 9.28. The van der Waals surface area contributed by atoms with Gasteiger partial charge in [0.15, 0.2) is 11.5 Å². The predicted molar refractivity (Wildman–Crippen MR) is 131 cm³/mol. The lowest BCUT2D eigenvalue weighted by Gasteiger charge is -2.18. The Labute approximate surface area is 218 Å². The lowest BCUT2D eigenvalue weighted by Crippen LogP contribution is -2.28. The van der Waals surface area contributed by atoms with Crippen LogP contribution in [0.2, 0.25) is 20.1 Å². The molecule has 0 bridgehead atoms. The van der Waals surface area contributed by atoms with Crippen molar-refractivity contribution in [1.29, 1.82) is 0 Å². The first-order chi connectivity index (χ1) is 15.2. The molecule has 0 aliphatic heterocycles. The zero-order valence-corrected chi connectivity index (χ0v) is 21.8. The standard InChI is InChI=1S/C21H21Cl4NO6.ClH/c1-26(8-10-31-20(27)16-12(22)4-6-14(24)18(16)29-2)9-11-32-21(28)17-13(23)5-7-15(25)19(17)30-3;/h4-7H,8-11H2,1-3H3;1H. The largest absolute Gasteiger partial charge is 0.494 e. The molecule has 182 valence electrons. The van der Waals surface area contributed by atoms with Gasteiger partial charge >= 0.3 is 11.9 Å². The van der Waals surface area contributed by atoms with Crippen molar-refractivity contribution < 1.29 is 28.5 Å². The van der Waals surface area contributed by atoms with Crippen LogP contribution in [0.15, 0.2) is 24.3 Å². The van der Waals surface area contributed by atoms with E-state index < -0.39 is 11.9 Å². The van der Waals surface area contributed by atoms with Crippen LogP contribution >= 0.6 is 58.8 Å². The number of carbonyl (C=O) groups is 2. The van der Waals surface area contributed by atoms with Gasteiger partial charge in [0.25, 0.3) is 0 Å². The molecule has 0 unspecified atom stereocenters. The molecular weight excluding hydrogens is 539 g/mol. The number of rotatable bonds is 10. The Hall–Kier alpha value is -1.61. The summed E-state index contributed by atoms with van der Waals surface area (Å²) in [6.45, 7) is 0.905. The van der Waals surface area contributed by atoms with Crippen molar-refractivity contribution in [3.05, 3.63) is 55.5 Å². The Morgan fingerprint density at radius 3 is 1.39 bits per heavy atom. The van der Waals surface area contributed by atoms with Crippen molar-refractivity contribution in [3.63, 3.8) is 0 Å². The van der Waals surface area contributed by atoms with Crippen LogP contribution < -0.4 is 9.47 Å². The molecular formula is C21H22Cl5NO6. The third kappa shape index (κ3) is 7.70. The van der Waals surface area contributed by atoms with Gasteiger partial charge in [0.1, 0.15) is 24.3 Å². The SMILES string of the molecule is COc1c(Cl)ccc(Cl)c1C(=O)OCCN(C)CCOC(=O)c1c(Cl)ccc(Cl)c1OC.Cl. The third-order valence-electron chi connectivity index (χ3n) is 4.35. The molecule has 2 aromatic carbocycles. The zero-order valence-electron chi connectivity index (χ0n) is 18.0. The molecule has 2 rings (SSSR count). The van der Waals surface area contributed by atoms with Gasteiger partial charge in [0, 0.05) is 13.1 Å². The number of nitrogens with zero attached hydrogens (tertiary/aromatic N) is 1. The number of likely N-dealkylation sites (N-methyl/N-ethyl adjacent to an activating group) is 1. The maximum Gasteiger partial charge on any atom is 0.343 e. The van der Waals surface area contributed by atoms with Gasteiger partial charge < -0.3 is 18.9 Å². The van der Waals surface area contributed by atoms with E-state index in [-0.39, 0.29) is 68.3 Å². The summed E-state index contributed by atoms with van der Waals surface area (Å²) in [5, 5.41) is 0.844. The number of esters is 2. The van der Waals surface area contributed by atoms with E-state index in [9.17, 15) is 9.59 Å². The van der Waals surface area contributed by atoms with Crippen molar-refractivity contribution in [2.45, 2.75) is 0 Å². The zero-order chi connectivity index (χ0) is 23.8. The Balaban J connectivity index is 0.00000544. The molecule has 0 saturated heterocycles. The van der Waals surface area contributed by atoms with Crippen molar-refractivity contribution in [1.82, 2.24) is 4.90 Å². The van der Waals surface area contributed by atoms with Crippen LogP contribution in [-0.2, 0) is 9.47 Å². The minimum atomic E-state index is -0.656. The fourth-order valence-electron chi connectivity index (χ4n) is 2.69. The molecule has 0 spiro atoms. The summed E-state index contributed by atoms with van der Waals surface area (Å²) in [4.78, 5) is 26.6. The van der Waals surface area contributed by atoms with Crippen molar-refractivity contribution in [2.75, 3.05) is 47.6 Å². The van der Waals surface area contributed by atoms with Gasteiger partial charge in [-0.25, -0.2) is 9.59 Å². The fraction of sp³-hybridized carbons (Fsp3) is 0.333. The molecule has 0 aliphatic rings. The minimum Gasteiger partial charge on any atom is -0.494 e. The second kappa shape index (κ2) is 13.9. The smallest absolute Gasteiger partial charge is 0.343 e. The number of hydrogen-bond donors (Lipinski definition) is 0. The van der Waals surface area contributed by atoms with Gasteiger partial charge in [-0.2, -0.15) is 0 Å². The van der Waals surface area contributed by atoms with Gasteiger partial charge in [-0.05, 0) is 31.3 Å². The monoisotopic (exact) mass is 559 g/mol. The molecule has 0 aliphatic carbocycles. The molecule has 7 nitrogen and oxygen atoms in total. The van der Waals surface area contributed by atoms with Crippen molar-refractivity contribution in [3.8, 4) is 11.5 Å². The Bertz CT molecular complexity index is 911. The summed E-state index contributed by atoms with van der Waals surface area (Å²) in [6, 6.07) is 6.04. The molecule has 0 heterocycles. The second-order valence-corrected chi connectivity index (χ2v) is 8.08. The molecule has 0 aromatic heterocycles. The number of hydrogen-bond acceptors (Lipinski definition) is 7. The van der Waals surface area contributed by atoms with E-state index in [0.717, 1.165) is 0 Å². The minimum absolute atomic E-state index is 0. The quantitative estimate of drug-likeness (QED) is 0.345. The molecule has 0 atom stereocenters. The summed E-state index contributed by atoms with van der Waals surface area (Å²) in [5.41, 5.74) is 0.121. The molecule has 0 saturated carbocycles. The highest BCUT2D eigenvalue weighted by Crippen LogP contribution is 2.35. The molecule has 0 amide bonds. The number of halogens is 5. The number of carbonyl (C=O) groups excluding carboxylic acids is 2. The number of methoxy groups -OCH3 is 2. The van der Waals surface area contributed by atoms with E-state index in [1.807, 2.05) is 4.90 Å². The molecule has 0 fully saturated rings. The maximum atomic E-state index is 12.4. The van der Waals surface area contributed by atoms with Gasteiger partial charge in [-0.1, -0.05) is 46.4 Å². The summed E-state index contributed by atoms with van der Waals surface area (Å²) < 4.78 is 20.8. The molecule has 33 heavy (non-hydrogen) atoms. The molecule has 0 N–H and O–H groups in total. The fourth-order valence-corrected chi connectivity index (χ4v) is 3.61. The van der Waals surface area contributed by atoms with E-state index in [4.69, 9.17) is 65.4 Å². The topological polar surface area (TPSA) is 74.3 Å². The van der Waals surface area contributed by atoms with E-state index in [2.05, 4.69) is 0 Å². The Morgan fingerprint density at radius 2 is 1.06 bits per heavy atom. The van der Waals surface area contributed by atoms with Crippen molar-refractivity contribution in [2.24, 2.45) is 0 Å². The maximum absolute atomic E-state index is 12.4. The average Bonchev–Trinajstić information content (AvgIpc) is 2.76. The van der Waals surface area contributed by atoms with Gasteiger partial charge in [-0.15, -0.1) is 12.4 Å². The highest BCUT2D eigenvalue weighted by atomic mass is 35.5. The van der Waals surface area contributed by atoms with Crippen LogP contribution in [0, 0.1) is 0 Å². The number of ether oxygens (including phenoxy) is 4. The molecule has 2 aromatic rings. The summed E-state index contributed by atoms with van der Waals surface area (Å²) in [5.74, 6) is -1.01. The van der Waals surface area contributed by atoms with E-state index >= 15 is 0 Å². The Morgan fingerprint density at radius 1 is 0.727 bits per heavy atom. The first kappa shape index (κ1) is 29.4. The predicted octanol–water partition coefficient (Wildman–Crippen LogP) is 5.68. The summed E-state index contributed by atoms with van der Waals surface area (Å²) in [7, 11) is 4.55. The first-order valence-corrected chi connectivity index (χ1v) is 10.8. The van der Waals surface area contributed by atoms with E-state index in [1.54, 1.807) is 7.05 Å². The lowest BCUT2D eigenvalue weighted by atomic mass is 10.2. The molecule has 0 radical (unpaired) electrons. The average molecular weight is 562 g/mol. The van der Waals surface area contributed by atoms with Gasteiger partial charge in [-0.3, -0.25) is 4.90 Å². The summed E-state index contributed by atoms with van der Waals surface area (Å²) >= 11 is 24.2.